The minimum absolute atomic E-state index is 0. The Morgan fingerprint density at radius 1 is 1.03 bits per heavy atom. The van der Waals surface area contributed by atoms with Gasteiger partial charge in [-0.25, -0.2) is 4.79 Å². The summed E-state index contributed by atoms with van der Waals surface area (Å²) in [5.41, 5.74) is -1.54. The molecule has 7 nitrogen and oxygen atoms in total. The largest absolute Gasteiger partial charge is 0.506 e. The summed E-state index contributed by atoms with van der Waals surface area (Å²) in [6.45, 7) is 0. The summed E-state index contributed by atoms with van der Waals surface area (Å²) in [6, 6.07) is 10.1. The molecule has 0 saturated heterocycles. The zero-order valence-corrected chi connectivity index (χ0v) is 17.0. The van der Waals surface area contributed by atoms with Gasteiger partial charge in [-0.3, -0.25) is 4.79 Å². The number of carbonyl (C=O) groups excluding carboxylic acids is 1. The molecule has 1 radical (unpaired) electrons. The quantitative estimate of drug-likeness (QED) is 0.288. The Balaban J connectivity index is 0.00000140. The van der Waals surface area contributed by atoms with Crippen LogP contribution >= 0.6 is 0 Å². The molecule has 2 heterocycles. The molecule has 0 aliphatic heterocycles. The molecule has 0 spiro atoms. The maximum absolute atomic E-state index is 12.7. The van der Waals surface area contributed by atoms with Gasteiger partial charge in [0.15, 0.2) is 11.1 Å². The van der Waals surface area contributed by atoms with E-state index in [-0.39, 0.29) is 71.3 Å². The maximum atomic E-state index is 12.7. The number of nitrogens with zero attached hydrogens (tertiary/aromatic N) is 1. The molecule has 0 aliphatic rings. The Kier molecular flexibility index (Phi) is 7.42. The number of aromatic nitrogens is 1. The van der Waals surface area contributed by atoms with E-state index in [1.165, 1.54) is 6.07 Å². The second kappa shape index (κ2) is 8.53. The first-order valence-corrected chi connectivity index (χ1v) is 7.49. The summed E-state index contributed by atoms with van der Waals surface area (Å²) in [5.74, 6) is -3.47. The molecule has 4 aromatic rings. The third-order valence-corrected chi connectivity index (χ3v) is 4.41. The molecule has 4 rings (SSSR count). The Labute approximate surface area is 200 Å². The van der Waals surface area contributed by atoms with Crippen LogP contribution in [0, 0.1) is 49.4 Å². The molecule has 0 unspecified atom stereocenters. The molecule has 0 aliphatic carbocycles. The number of fused-ring (bicyclic) bond motifs is 5. The Morgan fingerprint density at radius 2 is 1.66 bits per heavy atom. The van der Waals surface area contributed by atoms with Gasteiger partial charge < -0.3 is 25.0 Å². The van der Waals surface area contributed by atoms with Crippen molar-refractivity contribution in [3.63, 3.8) is 0 Å². The zero-order valence-electron chi connectivity index (χ0n) is 14.6. The van der Waals surface area contributed by atoms with E-state index in [1.54, 1.807) is 25.2 Å². The molecule has 155 valence electrons. The zero-order chi connectivity index (χ0) is 18.8. The molecule has 5 N–H and O–H groups in total. The van der Waals surface area contributed by atoms with Crippen molar-refractivity contribution >= 4 is 38.6 Å². The van der Waals surface area contributed by atoms with E-state index in [4.69, 9.17) is 4.42 Å². The first kappa shape index (κ1) is 25.3. The van der Waals surface area contributed by atoms with Crippen LogP contribution in [-0.2, 0) is 7.05 Å². The van der Waals surface area contributed by atoms with Crippen molar-refractivity contribution < 1.29 is 87.8 Å². The standard InChI is InChI=1S/C18H10F3NO4.Eu.2H2O/c1-22-10-5-3-2-4-8(10)12-11(22)7-6-9-14(23)13(16(24)18(19,20)21)17(25)26-15(9)12;;;/h2-7,23H,1H3;;2*1H2. The smallest absolute Gasteiger partial charge is 0.455 e. The number of rotatable bonds is 1. The van der Waals surface area contributed by atoms with Crippen LogP contribution in [0.4, 0.5) is 13.2 Å². The number of hydrogen-bond acceptors (Lipinski definition) is 4. The molecule has 0 atom stereocenters. The molecule has 0 fully saturated rings. The summed E-state index contributed by atoms with van der Waals surface area (Å²) in [6.07, 6.45) is -5.30. The number of ketones is 1. The van der Waals surface area contributed by atoms with E-state index < -0.39 is 28.9 Å². The van der Waals surface area contributed by atoms with Crippen molar-refractivity contribution in [2.75, 3.05) is 0 Å². The number of Topliss-reactive ketones (excluding diaryl/α,β-unsaturated/α-hetero) is 1. The van der Waals surface area contributed by atoms with Gasteiger partial charge >= 0.3 is 11.8 Å². The number of hydrogen-bond donors (Lipinski definition) is 1. The van der Waals surface area contributed by atoms with Crippen molar-refractivity contribution in [2.24, 2.45) is 7.05 Å². The van der Waals surface area contributed by atoms with Gasteiger partial charge in [-0.15, -0.1) is 0 Å². The molecule has 0 bridgehead atoms. The van der Waals surface area contributed by atoms with E-state index in [1.807, 2.05) is 16.7 Å². The number of benzene rings is 2. The molecular formula is C18H14EuF3NO6. The van der Waals surface area contributed by atoms with Crippen molar-refractivity contribution in [2.45, 2.75) is 6.18 Å². The first-order chi connectivity index (χ1) is 12.2. The van der Waals surface area contributed by atoms with E-state index in [9.17, 15) is 27.9 Å². The van der Waals surface area contributed by atoms with Crippen molar-refractivity contribution in [3.05, 3.63) is 52.4 Å². The van der Waals surface area contributed by atoms with Crippen LogP contribution in [0.1, 0.15) is 10.4 Å². The molecule has 29 heavy (non-hydrogen) atoms. The number of para-hydroxylation sites is 1. The topological polar surface area (TPSA) is 135 Å². The minimum atomic E-state index is -5.30. The fourth-order valence-corrected chi connectivity index (χ4v) is 3.23. The molecule has 11 heteroatoms. The average molecular weight is 549 g/mol. The van der Waals surface area contributed by atoms with Gasteiger partial charge in [0.1, 0.15) is 5.75 Å². The van der Waals surface area contributed by atoms with Crippen molar-refractivity contribution in [3.8, 4) is 5.75 Å². The van der Waals surface area contributed by atoms with Crippen LogP contribution in [-0.4, -0.2) is 32.6 Å². The Bertz CT molecular complexity index is 1290. The van der Waals surface area contributed by atoms with Crippen molar-refractivity contribution in [1.29, 1.82) is 0 Å². The number of alkyl halides is 3. The summed E-state index contributed by atoms with van der Waals surface area (Å²) >= 11 is 0. The van der Waals surface area contributed by atoms with Gasteiger partial charge in [0.25, 0.3) is 5.78 Å². The van der Waals surface area contributed by atoms with E-state index in [0.29, 0.717) is 16.3 Å². The van der Waals surface area contributed by atoms with Gasteiger partial charge in [0.2, 0.25) is 0 Å². The number of halogens is 3. The summed E-state index contributed by atoms with van der Waals surface area (Å²) < 4.78 is 45.0. The fraction of sp³-hybridized carbons (Fsp3) is 0.111. The number of carbonyl (C=O) groups is 1. The fourth-order valence-electron chi connectivity index (χ4n) is 3.23. The molecule has 2 aromatic carbocycles. The third-order valence-electron chi connectivity index (χ3n) is 4.41. The predicted octanol–water partition coefficient (Wildman–Crippen LogP) is 2.24. The first-order valence-electron chi connectivity index (χ1n) is 7.49. The third kappa shape index (κ3) is 3.73. The number of aryl methyl sites for hydroxylation is 1. The van der Waals surface area contributed by atoms with E-state index in [0.717, 1.165) is 5.52 Å². The monoisotopic (exact) mass is 550 g/mol. The second-order valence-corrected chi connectivity index (χ2v) is 5.85. The summed E-state index contributed by atoms with van der Waals surface area (Å²) in [5, 5.41) is 11.3. The van der Waals surface area contributed by atoms with Gasteiger partial charge in [-0.1, -0.05) is 18.2 Å². The SMILES string of the molecule is Cn1c2ccccc2c2c3oc(=O)c(C(=O)C(F)(F)F)c(O)c3ccc21.O.O.[Eu]. The van der Waals surface area contributed by atoms with Gasteiger partial charge in [0, 0.05) is 67.3 Å². The van der Waals surface area contributed by atoms with Crippen LogP contribution in [0.5, 0.6) is 5.75 Å². The van der Waals surface area contributed by atoms with Crippen LogP contribution < -0.4 is 5.63 Å². The summed E-state index contributed by atoms with van der Waals surface area (Å²) in [4.78, 5) is 23.6. The minimum Gasteiger partial charge on any atom is -0.506 e. The van der Waals surface area contributed by atoms with Crippen LogP contribution in [0.15, 0.2) is 45.6 Å². The predicted molar refractivity (Wildman–Crippen MR) is 95.7 cm³/mol. The van der Waals surface area contributed by atoms with Crippen LogP contribution in [0.25, 0.3) is 32.8 Å². The normalized spacial score (nSPS) is 11.0. The van der Waals surface area contributed by atoms with E-state index in [2.05, 4.69) is 0 Å². The molecule has 0 saturated carbocycles. The van der Waals surface area contributed by atoms with Gasteiger partial charge in [0.05, 0.1) is 16.3 Å². The van der Waals surface area contributed by atoms with Crippen LogP contribution in [0.3, 0.4) is 0 Å². The van der Waals surface area contributed by atoms with Crippen LogP contribution in [0.2, 0.25) is 0 Å². The summed E-state index contributed by atoms with van der Waals surface area (Å²) in [7, 11) is 1.79. The maximum Gasteiger partial charge on any atom is 0.455 e. The number of aromatic hydroxyl groups is 1. The molecule has 2 aromatic heterocycles. The van der Waals surface area contributed by atoms with Gasteiger partial charge in [-0.05, 0) is 18.2 Å². The Morgan fingerprint density at radius 3 is 2.28 bits per heavy atom. The molecular weight excluding hydrogens is 535 g/mol. The van der Waals surface area contributed by atoms with E-state index >= 15 is 0 Å². The Hall–Kier alpha value is -1.79. The second-order valence-electron chi connectivity index (χ2n) is 5.85. The van der Waals surface area contributed by atoms with Crippen molar-refractivity contribution in [1.82, 2.24) is 4.57 Å². The average Bonchev–Trinajstić information content (AvgIpc) is 2.87. The van der Waals surface area contributed by atoms with Gasteiger partial charge in [-0.2, -0.15) is 13.2 Å². The molecule has 0 amide bonds.